The monoisotopic (exact) mass is 644 g/mol. The van der Waals surface area contributed by atoms with E-state index in [9.17, 15) is 42.1 Å². The molecule has 3 aromatic carbocycles. The Kier molecular flexibility index (Phi) is 7.79. The maximum Gasteiger partial charge on any atom is 0.416 e. The third-order valence-electron chi connectivity index (χ3n) is 7.73. The van der Waals surface area contributed by atoms with Crippen LogP contribution in [-0.2, 0) is 12.4 Å². The number of nitrogens with zero attached hydrogens (tertiary/aromatic N) is 6. The Morgan fingerprint density at radius 3 is 1.50 bits per heavy atom. The maximum atomic E-state index is 13.9. The van der Waals surface area contributed by atoms with E-state index in [2.05, 4.69) is 14.5 Å². The van der Waals surface area contributed by atoms with Crippen LogP contribution < -0.4 is 0 Å². The van der Waals surface area contributed by atoms with Gasteiger partial charge in [-0.1, -0.05) is 35.4 Å². The van der Waals surface area contributed by atoms with Gasteiger partial charge in [-0.15, -0.1) is 0 Å². The van der Waals surface area contributed by atoms with Crippen LogP contribution >= 0.6 is 0 Å². The summed E-state index contributed by atoms with van der Waals surface area (Å²) >= 11 is 0. The van der Waals surface area contributed by atoms with Crippen LogP contribution in [0, 0.1) is 67.6 Å². The maximum absolute atomic E-state index is 13.9. The van der Waals surface area contributed by atoms with Gasteiger partial charge in [-0.3, -0.25) is 0 Å². The lowest BCUT2D eigenvalue weighted by Gasteiger charge is -2.16. The van der Waals surface area contributed by atoms with Gasteiger partial charge < -0.3 is 0 Å². The van der Waals surface area contributed by atoms with Gasteiger partial charge in [0, 0.05) is 5.57 Å². The van der Waals surface area contributed by atoms with Crippen molar-refractivity contribution in [3.8, 4) is 18.2 Å². The number of hydrogen-bond donors (Lipinski definition) is 0. The minimum atomic E-state index is -5.23. The highest BCUT2D eigenvalue weighted by Crippen LogP contribution is 2.55. The molecule has 0 fully saturated rings. The molecule has 0 bridgehead atoms. The molecule has 230 valence electrons. The van der Waals surface area contributed by atoms with Crippen LogP contribution in [0.5, 0.6) is 0 Å². The second kappa shape index (κ2) is 11.5. The third kappa shape index (κ3) is 5.15. The predicted molar refractivity (Wildman–Crippen MR) is 163 cm³/mol. The smallest absolute Gasteiger partial charge is 0.237 e. The van der Waals surface area contributed by atoms with E-state index in [0.29, 0.717) is 17.7 Å². The molecule has 6 nitrogen and oxygen atoms in total. The largest absolute Gasteiger partial charge is 0.416 e. The van der Waals surface area contributed by atoms with Crippen molar-refractivity contribution in [1.29, 1.82) is 15.8 Å². The summed E-state index contributed by atoms with van der Waals surface area (Å²) in [6.07, 6.45) is -10.5. The number of halogens is 6. The normalized spacial score (nSPS) is 15.7. The highest BCUT2D eigenvalue weighted by molar-refractivity contribution is 6.29. The van der Waals surface area contributed by atoms with Crippen LogP contribution in [0.15, 0.2) is 59.9 Å². The summed E-state index contributed by atoms with van der Waals surface area (Å²) in [6.45, 7) is 27.0. The van der Waals surface area contributed by atoms with Crippen LogP contribution in [0.1, 0.15) is 55.6 Å². The molecule has 3 aromatic rings. The van der Waals surface area contributed by atoms with Gasteiger partial charge in [0.1, 0.15) is 6.07 Å². The number of allylic oxidation sites excluding steroid dienone is 7. The fourth-order valence-electron chi connectivity index (χ4n) is 5.98. The van der Waals surface area contributed by atoms with Crippen molar-refractivity contribution in [2.24, 2.45) is 0 Å². The summed E-state index contributed by atoms with van der Waals surface area (Å²) in [7, 11) is 0. The zero-order chi connectivity index (χ0) is 35.3. The van der Waals surface area contributed by atoms with E-state index in [1.807, 2.05) is 32.1 Å². The van der Waals surface area contributed by atoms with Crippen LogP contribution in [0.25, 0.3) is 48.1 Å². The van der Waals surface area contributed by atoms with E-state index < -0.39 is 57.2 Å². The van der Waals surface area contributed by atoms with Crippen LogP contribution in [0.3, 0.4) is 0 Å². The first kappa shape index (κ1) is 32.5. The van der Waals surface area contributed by atoms with Crippen molar-refractivity contribution < 1.29 is 26.3 Å². The lowest BCUT2D eigenvalue weighted by Crippen LogP contribution is -2.11. The molecule has 0 atom stereocenters. The molecule has 0 aromatic heterocycles. The van der Waals surface area contributed by atoms with Crippen molar-refractivity contribution >= 4 is 33.6 Å². The fraction of sp³-hybridized carbons (Fsp3) is 0.111. The molecule has 2 aliphatic carbocycles. The number of benzene rings is 3. The highest BCUT2D eigenvalue weighted by Gasteiger charge is 2.40. The lowest BCUT2D eigenvalue weighted by atomic mass is 9.91. The molecule has 0 heterocycles. The Morgan fingerprint density at radius 2 is 1.06 bits per heavy atom. The number of fused-ring (bicyclic) bond motifs is 2. The molecule has 0 saturated heterocycles. The van der Waals surface area contributed by atoms with Crippen LogP contribution in [-0.4, -0.2) is 0 Å². The number of hydrogen-bond acceptors (Lipinski definition) is 3. The molecular formula is C36H14F6N6. The van der Waals surface area contributed by atoms with Gasteiger partial charge in [-0.2, -0.15) is 31.6 Å². The number of aryl methyl sites for hydroxylation is 2. The molecule has 5 rings (SSSR count). The number of alkyl halides is 6. The molecule has 0 saturated carbocycles. The van der Waals surface area contributed by atoms with Gasteiger partial charge in [-0.05, 0) is 88.2 Å². The SMILES string of the molecule is [C-]#[N+]C1=C(c2cc(C)cc(C)c2)/C(=C(/C#N)[N+]#[C-])c2cc3c(cc21)/C(=C(/C#N)[N+]#[C-])C(c1cc(C(F)(F)F)cc(C(F)(F)F)c1)=C3C#N. The summed E-state index contributed by atoms with van der Waals surface area (Å²) in [5, 5.41) is 30.2. The van der Waals surface area contributed by atoms with E-state index in [1.54, 1.807) is 18.2 Å². The van der Waals surface area contributed by atoms with Crippen molar-refractivity contribution in [3.05, 3.63) is 150 Å². The molecule has 0 radical (unpaired) electrons. The minimum absolute atomic E-state index is 0.0322. The van der Waals surface area contributed by atoms with Gasteiger partial charge in [0.15, 0.2) is 0 Å². The molecule has 0 spiro atoms. The third-order valence-corrected chi connectivity index (χ3v) is 7.73. The van der Waals surface area contributed by atoms with Gasteiger partial charge in [0.2, 0.25) is 5.70 Å². The summed E-state index contributed by atoms with van der Waals surface area (Å²) in [4.78, 5) is 10.2. The van der Waals surface area contributed by atoms with E-state index in [1.165, 1.54) is 12.1 Å². The van der Waals surface area contributed by atoms with Gasteiger partial charge >= 0.3 is 12.4 Å². The Bertz CT molecular complexity index is 2310. The van der Waals surface area contributed by atoms with Crippen molar-refractivity contribution in [1.82, 2.24) is 0 Å². The molecule has 0 aliphatic heterocycles. The first-order chi connectivity index (χ1) is 22.6. The molecule has 0 amide bonds. The van der Waals surface area contributed by atoms with Crippen molar-refractivity contribution in [2.75, 3.05) is 0 Å². The van der Waals surface area contributed by atoms with Gasteiger partial charge in [0.05, 0.1) is 48.6 Å². The quantitative estimate of drug-likeness (QED) is 0.158. The first-order valence-corrected chi connectivity index (χ1v) is 13.5. The Balaban J connectivity index is 1.95. The summed E-state index contributed by atoms with van der Waals surface area (Å²) in [5.41, 5.74) is -4.08. The van der Waals surface area contributed by atoms with E-state index in [0.717, 1.165) is 11.1 Å². The second-order valence-corrected chi connectivity index (χ2v) is 10.7. The second-order valence-electron chi connectivity index (χ2n) is 10.7. The van der Waals surface area contributed by atoms with Crippen molar-refractivity contribution in [3.63, 3.8) is 0 Å². The van der Waals surface area contributed by atoms with E-state index >= 15 is 0 Å². The summed E-state index contributed by atoms with van der Waals surface area (Å²) < 4.78 is 83.1. The Morgan fingerprint density at radius 1 is 0.604 bits per heavy atom. The number of rotatable bonds is 2. The standard InChI is InChI=1S/C36H14F6N6/c1-17-6-18(2)8-19(7-17)31-33(29(16-45)47-4)25-12-23-24(13-26(25)34(31)48-5)32(28(15-44)46-3)30(27(23)14-43)20-9-21(35(37,38)39)11-22(10-20)36(40,41)42/h6-13H,1-2H3/b32-28+,33-29-. The number of nitriles is 3. The van der Waals surface area contributed by atoms with E-state index in [4.69, 9.17) is 19.7 Å². The topological polar surface area (TPSA) is 84.4 Å². The average Bonchev–Trinajstić information content (AvgIpc) is 3.51. The summed E-state index contributed by atoms with van der Waals surface area (Å²) in [6, 6.07) is 14.0. The van der Waals surface area contributed by atoms with E-state index in [-0.39, 0.29) is 45.2 Å². The molecule has 2 aliphatic rings. The average molecular weight is 645 g/mol. The van der Waals surface area contributed by atoms with Gasteiger partial charge in [0.25, 0.3) is 11.4 Å². The minimum Gasteiger partial charge on any atom is -0.237 e. The fourth-order valence-corrected chi connectivity index (χ4v) is 5.98. The molecule has 48 heavy (non-hydrogen) atoms. The molecular weight excluding hydrogens is 630 g/mol. The van der Waals surface area contributed by atoms with Crippen LogP contribution in [0.4, 0.5) is 26.3 Å². The van der Waals surface area contributed by atoms with Crippen LogP contribution in [0.2, 0.25) is 0 Å². The van der Waals surface area contributed by atoms with Gasteiger partial charge in [-0.25, -0.2) is 25.1 Å². The molecule has 0 N–H and O–H groups in total. The first-order valence-electron chi connectivity index (χ1n) is 13.5. The predicted octanol–water partition coefficient (Wildman–Crippen LogP) is 9.90. The zero-order valence-corrected chi connectivity index (χ0v) is 24.6. The lowest BCUT2D eigenvalue weighted by molar-refractivity contribution is -0.143. The zero-order valence-electron chi connectivity index (χ0n) is 24.6. The highest BCUT2D eigenvalue weighted by atomic mass is 19.4. The molecule has 12 heteroatoms. The van der Waals surface area contributed by atoms with Crippen molar-refractivity contribution in [2.45, 2.75) is 26.2 Å². The summed E-state index contributed by atoms with van der Waals surface area (Å²) in [5.74, 6) is 0. The Labute approximate surface area is 269 Å². The molecule has 0 unspecified atom stereocenters. The Hall–Kier alpha value is -6.86.